The average Bonchev–Trinajstić information content (AvgIpc) is 2.60. The van der Waals surface area contributed by atoms with Gasteiger partial charge in [-0.15, -0.1) is 11.3 Å². The molecule has 0 amide bonds. The minimum absolute atomic E-state index is 0.135. The van der Waals surface area contributed by atoms with Crippen LogP contribution in [-0.4, -0.2) is 22.2 Å². The summed E-state index contributed by atoms with van der Waals surface area (Å²) < 4.78 is 0. The monoisotopic (exact) mass is 242 g/mol. The van der Waals surface area contributed by atoms with Gasteiger partial charge in [-0.05, 0) is 26.7 Å². The summed E-state index contributed by atoms with van der Waals surface area (Å²) >= 11 is 1.73. The Morgan fingerprint density at radius 3 is 2.31 bits per heavy atom. The molecule has 0 aliphatic carbocycles. The van der Waals surface area contributed by atoms with E-state index in [9.17, 15) is 5.11 Å². The molecule has 2 N–H and O–H groups in total. The fourth-order valence-electron chi connectivity index (χ4n) is 1.78. The quantitative estimate of drug-likeness (QED) is 0.805. The highest BCUT2D eigenvalue weighted by Crippen LogP contribution is 2.20. The molecule has 1 rings (SSSR count). The summed E-state index contributed by atoms with van der Waals surface area (Å²) in [6.07, 6.45) is 1.88. The van der Waals surface area contributed by atoms with Crippen LogP contribution in [0.4, 0.5) is 0 Å². The van der Waals surface area contributed by atoms with Crippen molar-refractivity contribution in [1.82, 2.24) is 10.3 Å². The molecule has 0 spiro atoms. The average molecular weight is 242 g/mol. The van der Waals surface area contributed by atoms with Crippen molar-refractivity contribution < 1.29 is 5.11 Å². The molecule has 0 aromatic carbocycles. The maximum absolute atomic E-state index is 9.45. The van der Waals surface area contributed by atoms with Crippen LogP contribution >= 0.6 is 11.3 Å². The van der Waals surface area contributed by atoms with Crippen molar-refractivity contribution >= 4 is 11.3 Å². The van der Waals surface area contributed by atoms with Gasteiger partial charge in [-0.3, -0.25) is 0 Å². The molecule has 0 aliphatic heterocycles. The zero-order chi connectivity index (χ0) is 12.2. The van der Waals surface area contributed by atoms with Crippen LogP contribution in [0.1, 0.15) is 42.3 Å². The summed E-state index contributed by atoms with van der Waals surface area (Å²) in [6.45, 7) is 9.28. The maximum atomic E-state index is 9.45. The molecule has 92 valence electrons. The lowest BCUT2D eigenvalue weighted by molar-refractivity contribution is 0.150. The first-order valence-electron chi connectivity index (χ1n) is 5.85. The van der Waals surface area contributed by atoms with Crippen LogP contribution in [0.5, 0.6) is 0 Å². The van der Waals surface area contributed by atoms with E-state index >= 15 is 0 Å². The van der Waals surface area contributed by atoms with E-state index in [1.165, 1.54) is 4.88 Å². The number of rotatable bonds is 6. The number of thiazole rings is 1. The molecule has 0 unspecified atom stereocenters. The second-order valence-corrected chi connectivity index (χ2v) is 5.53. The van der Waals surface area contributed by atoms with Gasteiger partial charge < -0.3 is 10.4 Å². The van der Waals surface area contributed by atoms with Gasteiger partial charge in [-0.1, -0.05) is 13.8 Å². The van der Waals surface area contributed by atoms with E-state index in [2.05, 4.69) is 24.1 Å². The molecular weight excluding hydrogens is 220 g/mol. The number of aromatic nitrogens is 1. The van der Waals surface area contributed by atoms with Crippen molar-refractivity contribution in [2.75, 3.05) is 6.61 Å². The lowest BCUT2D eigenvalue weighted by atomic mass is 9.94. The SMILES string of the molecule is CCC(CC)(CO)NCc1sc(C)nc1C. The molecule has 0 saturated heterocycles. The van der Waals surface area contributed by atoms with Crippen molar-refractivity contribution in [1.29, 1.82) is 0 Å². The molecule has 3 nitrogen and oxygen atoms in total. The van der Waals surface area contributed by atoms with Gasteiger partial charge in [0.1, 0.15) is 0 Å². The minimum Gasteiger partial charge on any atom is -0.394 e. The zero-order valence-electron chi connectivity index (χ0n) is 10.6. The molecule has 0 atom stereocenters. The van der Waals surface area contributed by atoms with Crippen LogP contribution < -0.4 is 5.32 Å². The Hall–Kier alpha value is -0.450. The molecule has 4 heteroatoms. The first-order chi connectivity index (χ1) is 7.56. The second-order valence-electron chi connectivity index (χ2n) is 4.24. The number of hydrogen-bond donors (Lipinski definition) is 2. The van der Waals surface area contributed by atoms with Crippen molar-refractivity contribution in [3.8, 4) is 0 Å². The Kier molecular flexibility index (Phi) is 4.89. The Labute approximate surface area is 102 Å². The number of aryl methyl sites for hydroxylation is 2. The summed E-state index contributed by atoms with van der Waals surface area (Å²) in [4.78, 5) is 5.68. The third-order valence-electron chi connectivity index (χ3n) is 3.28. The molecule has 1 aromatic heterocycles. The fraction of sp³-hybridized carbons (Fsp3) is 0.750. The molecule has 1 aromatic rings. The summed E-state index contributed by atoms with van der Waals surface area (Å²) in [6, 6.07) is 0. The lowest BCUT2D eigenvalue weighted by Crippen LogP contribution is -2.47. The van der Waals surface area contributed by atoms with Gasteiger partial charge in [-0.25, -0.2) is 4.98 Å². The van der Waals surface area contributed by atoms with Crippen LogP contribution in [0.15, 0.2) is 0 Å². The summed E-state index contributed by atoms with van der Waals surface area (Å²) in [5, 5.41) is 14.0. The van der Waals surface area contributed by atoms with E-state index in [1.807, 2.05) is 13.8 Å². The number of nitrogens with zero attached hydrogens (tertiary/aromatic N) is 1. The zero-order valence-corrected chi connectivity index (χ0v) is 11.4. The highest BCUT2D eigenvalue weighted by molar-refractivity contribution is 7.11. The fourth-order valence-corrected chi connectivity index (χ4v) is 2.66. The highest BCUT2D eigenvalue weighted by Gasteiger charge is 2.24. The van der Waals surface area contributed by atoms with E-state index in [0.717, 1.165) is 30.1 Å². The number of nitrogens with one attached hydrogen (secondary N) is 1. The third-order valence-corrected chi connectivity index (χ3v) is 4.35. The second kappa shape index (κ2) is 5.75. The maximum Gasteiger partial charge on any atom is 0.0900 e. The van der Waals surface area contributed by atoms with Crippen molar-refractivity contribution in [3.63, 3.8) is 0 Å². The molecule has 16 heavy (non-hydrogen) atoms. The predicted molar refractivity (Wildman–Crippen MR) is 68.8 cm³/mol. The molecule has 0 saturated carbocycles. The van der Waals surface area contributed by atoms with E-state index in [0.29, 0.717) is 0 Å². The van der Waals surface area contributed by atoms with E-state index in [1.54, 1.807) is 11.3 Å². The van der Waals surface area contributed by atoms with Gasteiger partial charge in [0, 0.05) is 17.0 Å². The minimum atomic E-state index is -0.135. The van der Waals surface area contributed by atoms with Crippen LogP contribution in [0.25, 0.3) is 0 Å². The van der Waals surface area contributed by atoms with Crippen molar-refractivity contribution in [2.24, 2.45) is 0 Å². The number of hydrogen-bond acceptors (Lipinski definition) is 4. The highest BCUT2D eigenvalue weighted by atomic mass is 32.1. The van der Waals surface area contributed by atoms with Crippen molar-refractivity contribution in [2.45, 2.75) is 52.6 Å². The van der Waals surface area contributed by atoms with Crippen LogP contribution in [-0.2, 0) is 6.54 Å². The molecule has 0 bridgehead atoms. The van der Waals surface area contributed by atoms with Gasteiger partial charge in [0.25, 0.3) is 0 Å². The van der Waals surface area contributed by atoms with Crippen LogP contribution in [0.2, 0.25) is 0 Å². The van der Waals surface area contributed by atoms with E-state index < -0.39 is 0 Å². The molecule has 0 fully saturated rings. The van der Waals surface area contributed by atoms with Crippen LogP contribution in [0, 0.1) is 13.8 Å². The van der Waals surface area contributed by atoms with E-state index in [-0.39, 0.29) is 12.1 Å². The van der Waals surface area contributed by atoms with Crippen LogP contribution in [0.3, 0.4) is 0 Å². The molecule has 0 radical (unpaired) electrons. The lowest BCUT2D eigenvalue weighted by Gasteiger charge is -2.30. The van der Waals surface area contributed by atoms with Gasteiger partial charge >= 0.3 is 0 Å². The Bertz CT molecular complexity index is 323. The smallest absolute Gasteiger partial charge is 0.0900 e. The van der Waals surface area contributed by atoms with Gasteiger partial charge in [0.15, 0.2) is 0 Å². The molecule has 0 aliphatic rings. The predicted octanol–water partition coefficient (Wildman–Crippen LogP) is 2.40. The Balaban J connectivity index is 2.65. The Morgan fingerprint density at radius 1 is 1.31 bits per heavy atom. The summed E-state index contributed by atoms with van der Waals surface area (Å²) in [7, 11) is 0. The summed E-state index contributed by atoms with van der Waals surface area (Å²) in [5.74, 6) is 0. The topological polar surface area (TPSA) is 45.1 Å². The Morgan fingerprint density at radius 2 is 1.94 bits per heavy atom. The molecular formula is C12H22N2OS. The largest absolute Gasteiger partial charge is 0.394 e. The normalized spacial score (nSPS) is 12.1. The van der Waals surface area contributed by atoms with Gasteiger partial charge in [0.05, 0.1) is 17.3 Å². The van der Waals surface area contributed by atoms with Crippen molar-refractivity contribution in [3.05, 3.63) is 15.6 Å². The van der Waals surface area contributed by atoms with Gasteiger partial charge in [0.2, 0.25) is 0 Å². The standard InChI is InChI=1S/C12H22N2OS/c1-5-12(6-2,8-15)13-7-11-9(3)14-10(4)16-11/h13,15H,5-8H2,1-4H3. The first-order valence-corrected chi connectivity index (χ1v) is 6.67. The van der Waals surface area contributed by atoms with E-state index in [4.69, 9.17) is 0 Å². The molecule has 1 heterocycles. The summed E-state index contributed by atoms with van der Waals surface area (Å²) in [5.41, 5.74) is 0.971. The number of aliphatic hydroxyl groups excluding tert-OH is 1. The first kappa shape index (κ1) is 13.6. The van der Waals surface area contributed by atoms with Gasteiger partial charge in [-0.2, -0.15) is 0 Å². The third kappa shape index (κ3) is 3.03. The number of aliphatic hydroxyl groups is 1.